The van der Waals surface area contributed by atoms with Crippen LogP contribution in [0, 0.1) is 0 Å². The molecule has 1 aromatic rings. The van der Waals surface area contributed by atoms with Crippen molar-refractivity contribution >= 4 is 23.2 Å². The number of likely N-dealkylation sites (N-methyl/N-ethyl adjacent to an activating group) is 1. The van der Waals surface area contributed by atoms with Crippen LogP contribution in [-0.4, -0.2) is 37.7 Å². The van der Waals surface area contributed by atoms with E-state index in [4.69, 9.17) is 10.5 Å². The quantitative estimate of drug-likeness (QED) is 0.816. The van der Waals surface area contributed by atoms with Crippen LogP contribution in [0.15, 0.2) is 12.1 Å². The van der Waals surface area contributed by atoms with E-state index in [1.165, 1.54) is 12.0 Å². The third kappa shape index (κ3) is 3.24. The van der Waals surface area contributed by atoms with Crippen LogP contribution >= 0.6 is 0 Å². The molecule has 1 atom stereocenters. The highest BCUT2D eigenvalue weighted by molar-refractivity contribution is 6.01. The van der Waals surface area contributed by atoms with Crippen LogP contribution in [0.5, 0.6) is 5.75 Å². The molecule has 1 aromatic carbocycles. The molecular formula is C15H18F3N3O3. The standard InChI is InChI=1S/C15H18F3N3O3/c1-3-21-11-7-5-9(19)12(24-2)8(11)4-6-10(13(21)22)20-14(23)15(16,17)18/h5,7,10H,3-4,6,19H2,1-2H3,(H,20,23). The summed E-state index contributed by atoms with van der Waals surface area (Å²) < 4.78 is 42.7. The van der Waals surface area contributed by atoms with E-state index in [1.54, 1.807) is 24.4 Å². The van der Waals surface area contributed by atoms with Crippen molar-refractivity contribution in [3.63, 3.8) is 0 Å². The molecule has 0 radical (unpaired) electrons. The summed E-state index contributed by atoms with van der Waals surface area (Å²) in [5, 5.41) is 1.77. The lowest BCUT2D eigenvalue weighted by atomic mass is 10.0. The van der Waals surface area contributed by atoms with Gasteiger partial charge >= 0.3 is 12.1 Å². The number of nitrogen functional groups attached to an aromatic ring is 1. The first-order valence-corrected chi connectivity index (χ1v) is 7.35. The van der Waals surface area contributed by atoms with Gasteiger partial charge in [0.05, 0.1) is 18.5 Å². The zero-order chi connectivity index (χ0) is 18.1. The highest BCUT2D eigenvalue weighted by Crippen LogP contribution is 2.38. The first-order chi connectivity index (χ1) is 11.2. The predicted molar refractivity (Wildman–Crippen MR) is 81.7 cm³/mol. The largest absolute Gasteiger partial charge is 0.494 e. The van der Waals surface area contributed by atoms with E-state index in [0.717, 1.165) is 0 Å². The number of nitrogens with zero attached hydrogens (tertiary/aromatic N) is 1. The van der Waals surface area contributed by atoms with Crippen molar-refractivity contribution in [1.29, 1.82) is 0 Å². The molecule has 2 rings (SSSR count). The molecule has 1 unspecified atom stereocenters. The van der Waals surface area contributed by atoms with Gasteiger partial charge in [-0.25, -0.2) is 0 Å². The minimum atomic E-state index is -5.04. The monoisotopic (exact) mass is 345 g/mol. The van der Waals surface area contributed by atoms with Crippen molar-refractivity contribution in [3.05, 3.63) is 17.7 Å². The van der Waals surface area contributed by atoms with Gasteiger partial charge in [-0.2, -0.15) is 13.2 Å². The molecular weight excluding hydrogens is 327 g/mol. The predicted octanol–water partition coefficient (Wildman–Crippen LogP) is 1.62. The van der Waals surface area contributed by atoms with Gasteiger partial charge in [0, 0.05) is 12.1 Å². The number of fused-ring (bicyclic) bond motifs is 1. The van der Waals surface area contributed by atoms with Gasteiger partial charge in [-0.15, -0.1) is 0 Å². The van der Waals surface area contributed by atoms with E-state index in [1.807, 2.05) is 0 Å². The maximum Gasteiger partial charge on any atom is 0.471 e. The second-order valence-electron chi connectivity index (χ2n) is 5.33. The topological polar surface area (TPSA) is 84.7 Å². The summed E-state index contributed by atoms with van der Waals surface area (Å²) in [6.45, 7) is 1.93. The number of nitrogens with one attached hydrogen (secondary N) is 1. The van der Waals surface area contributed by atoms with Crippen LogP contribution in [0.3, 0.4) is 0 Å². The fraction of sp³-hybridized carbons (Fsp3) is 0.467. The maximum absolute atomic E-state index is 12.6. The molecule has 6 nitrogen and oxygen atoms in total. The van der Waals surface area contributed by atoms with Crippen molar-refractivity contribution < 1.29 is 27.5 Å². The van der Waals surface area contributed by atoms with Crippen molar-refractivity contribution in [1.82, 2.24) is 5.32 Å². The number of ether oxygens (including phenoxy) is 1. The Hall–Kier alpha value is -2.45. The van der Waals surface area contributed by atoms with Crippen LogP contribution in [0.4, 0.5) is 24.5 Å². The highest BCUT2D eigenvalue weighted by Gasteiger charge is 2.42. The molecule has 2 amide bonds. The van der Waals surface area contributed by atoms with E-state index in [-0.39, 0.29) is 19.4 Å². The van der Waals surface area contributed by atoms with Crippen molar-refractivity contribution in [2.75, 3.05) is 24.3 Å². The van der Waals surface area contributed by atoms with Gasteiger partial charge in [-0.1, -0.05) is 0 Å². The van der Waals surface area contributed by atoms with E-state index in [2.05, 4.69) is 0 Å². The van der Waals surface area contributed by atoms with Gasteiger partial charge < -0.3 is 20.7 Å². The lowest BCUT2D eigenvalue weighted by Gasteiger charge is -2.25. The van der Waals surface area contributed by atoms with Gasteiger partial charge in [0.15, 0.2) is 0 Å². The third-order valence-electron chi connectivity index (χ3n) is 3.89. The molecule has 0 saturated carbocycles. The first kappa shape index (κ1) is 17.9. The second-order valence-corrected chi connectivity index (χ2v) is 5.33. The number of amides is 2. The van der Waals surface area contributed by atoms with E-state index in [0.29, 0.717) is 22.7 Å². The lowest BCUT2D eigenvalue weighted by molar-refractivity contribution is -0.174. The number of nitrogens with two attached hydrogens (primary N) is 1. The van der Waals surface area contributed by atoms with Gasteiger partial charge in [-0.05, 0) is 31.9 Å². The maximum atomic E-state index is 12.6. The minimum Gasteiger partial charge on any atom is -0.494 e. The van der Waals surface area contributed by atoms with Crippen molar-refractivity contribution in [2.24, 2.45) is 0 Å². The van der Waals surface area contributed by atoms with E-state index >= 15 is 0 Å². The summed E-state index contributed by atoms with van der Waals surface area (Å²) in [6, 6.07) is 1.93. The summed E-state index contributed by atoms with van der Waals surface area (Å²) in [6.07, 6.45) is -4.78. The number of hydrogen-bond donors (Lipinski definition) is 2. The zero-order valence-corrected chi connectivity index (χ0v) is 13.2. The Labute approximate surface area is 136 Å². The number of halogens is 3. The number of benzene rings is 1. The molecule has 0 saturated heterocycles. The Kier molecular flexibility index (Phi) is 4.91. The summed E-state index contributed by atoms with van der Waals surface area (Å²) >= 11 is 0. The minimum absolute atomic E-state index is 0.0178. The Morgan fingerprint density at radius 3 is 2.67 bits per heavy atom. The van der Waals surface area contributed by atoms with Gasteiger partial charge in [0.25, 0.3) is 0 Å². The molecule has 0 spiro atoms. The molecule has 24 heavy (non-hydrogen) atoms. The molecule has 9 heteroatoms. The van der Waals surface area contributed by atoms with Crippen LogP contribution in [0.2, 0.25) is 0 Å². The zero-order valence-electron chi connectivity index (χ0n) is 13.2. The fourth-order valence-electron chi connectivity index (χ4n) is 2.79. The molecule has 0 bridgehead atoms. The van der Waals surface area contributed by atoms with E-state index < -0.39 is 24.0 Å². The average Bonchev–Trinajstić information content (AvgIpc) is 2.64. The summed E-state index contributed by atoms with van der Waals surface area (Å²) in [7, 11) is 1.43. The average molecular weight is 345 g/mol. The molecule has 1 aliphatic heterocycles. The Balaban J connectivity index is 2.39. The number of carbonyl (C=O) groups is 2. The van der Waals surface area contributed by atoms with Crippen LogP contribution in [0.25, 0.3) is 0 Å². The van der Waals surface area contributed by atoms with Crippen molar-refractivity contribution in [2.45, 2.75) is 32.0 Å². The van der Waals surface area contributed by atoms with Gasteiger partial charge in [0.2, 0.25) is 5.91 Å². The molecule has 0 aromatic heterocycles. The van der Waals surface area contributed by atoms with Crippen LogP contribution < -0.4 is 20.7 Å². The number of carbonyl (C=O) groups excluding carboxylic acids is 2. The lowest BCUT2D eigenvalue weighted by Crippen LogP contribution is -2.51. The molecule has 0 fully saturated rings. The van der Waals surface area contributed by atoms with Gasteiger partial charge in [0.1, 0.15) is 11.8 Å². The summed E-state index contributed by atoms with van der Waals surface area (Å²) in [5.41, 5.74) is 7.39. The van der Waals surface area contributed by atoms with Gasteiger partial charge in [-0.3, -0.25) is 9.59 Å². The number of methoxy groups -OCH3 is 1. The Morgan fingerprint density at radius 1 is 1.46 bits per heavy atom. The fourth-order valence-corrected chi connectivity index (χ4v) is 2.79. The smallest absolute Gasteiger partial charge is 0.471 e. The summed E-state index contributed by atoms with van der Waals surface area (Å²) in [5.74, 6) is -2.34. The number of anilines is 2. The number of hydrogen-bond acceptors (Lipinski definition) is 4. The Bertz CT molecular complexity index is 661. The van der Waals surface area contributed by atoms with E-state index in [9.17, 15) is 22.8 Å². The van der Waals surface area contributed by atoms with Crippen molar-refractivity contribution in [3.8, 4) is 5.75 Å². The van der Waals surface area contributed by atoms with Crippen LogP contribution in [0.1, 0.15) is 18.9 Å². The number of alkyl halides is 3. The molecule has 3 N–H and O–H groups in total. The van der Waals surface area contributed by atoms with Crippen LogP contribution in [-0.2, 0) is 16.0 Å². The normalized spacial score (nSPS) is 18.0. The molecule has 1 aliphatic rings. The SMILES string of the molecule is CCN1C(=O)C(NC(=O)C(F)(F)F)CCc2c1ccc(N)c2OC. The molecule has 0 aliphatic carbocycles. The third-order valence-corrected chi connectivity index (χ3v) is 3.89. The highest BCUT2D eigenvalue weighted by atomic mass is 19.4. The first-order valence-electron chi connectivity index (χ1n) is 7.35. The Morgan fingerprint density at radius 2 is 2.12 bits per heavy atom. The number of rotatable bonds is 3. The summed E-state index contributed by atoms with van der Waals surface area (Å²) in [4.78, 5) is 25.1. The molecule has 1 heterocycles. The molecule has 132 valence electrons. The second kappa shape index (κ2) is 6.58.